The number of carbonyl (C=O) groups excluding carboxylic acids is 2. The van der Waals surface area contributed by atoms with E-state index in [1.54, 1.807) is 4.90 Å². The number of anilines is 1. The van der Waals surface area contributed by atoms with Crippen molar-refractivity contribution in [2.45, 2.75) is 12.8 Å². The molecule has 2 amide bonds. The van der Waals surface area contributed by atoms with Crippen molar-refractivity contribution in [3.8, 4) is 5.75 Å². The highest BCUT2D eigenvalue weighted by Crippen LogP contribution is 2.34. The van der Waals surface area contributed by atoms with Gasteiger partial charge in [-0.15, -0.1) is 0 Å². The number of nitrogens with two attached hydrogens (primary N) is 1. The van der Waals surface area contributed by atoms with Crippen molar-refractivity contribution in [3.63, 3.8) is 0 Å². The fraction of sp³-hybridized carbons (Fsp3) is 0.333. The molecule has 0 spiro atoms. The van der Waals surface area contributed by atoms with Gasteiger partial charge in [-0.2, -0.15) is 0 Å². The van der Waals surface area contributed by atoms with Crippen molar-refractivity contribution < 1.29 is 14.3 Å². The summed E-state index contributed by atoms with van der Waals surface area (Å²) in [6.45, 7) is 0.483. The summed E-state index contributed by atoms with van der Waals surface area (Å²) >= 11 is 3.37. The second-order valence-electron chi connectivity index (χ2n) is 4.12. The number of amides is 2. The summed E-state index contributed by atoms with van der Waals surface area (Å²) in [5.74, 6) is 5.33. The molecule has 0 aromatic heterocycles. The predicted octanol–water partition coefficient (Wildman–Crippen LogP) is 0.945. The van der Waals surface area contributed by atoms with Crippen LogP contribution in [0.3, 0.4) is 0 Å². The summed E-state index contributed by atoms with van der Waals surface area (Å²) in [7, 11) is 0. The lowest BCUT2D eigenvalue weighted by Gasteiger charge is -2.29. The molecule has 3 N–H and O–H groups in total. The first-order valence-corrected chi connectivity index (χ1v) is 6.63. The Hall–Kier alpha value is -1.60. The summed E-state index contributed by atoms with van der Waals surface area (Å²) in [5, 5.41) is 0. The van der Waals surface area contributed by atoms with Gasteiger partial charge in [0.1, 0.15) is 5.75 Å². The topological polar surface area (TPSA) is 84.7 Å². The van der Waals surface area contributed by atoms with Crippen LogP contribution in [0, 0.1) is 0 Å². The maximum Gasteiger partial charge on any atom is 0.265 e. The van der Waals surface area contributed by atoms with E-state index < -0.39 is 0 Å². The molecule has 0 unspecified atom stereocenters. The Balaban J connectivity index is 2.09. The van der Waals surface area contributed by atoms with Crippen LogP contribution in [-0.2, 0) is 9.59 Å². The molecule has 1 heterocycles. The van der Waals surface area contributed by atoms with E-state index in [1.807, 2.05) is 18.2 Å². The minimum atomic E-state index is -0.241. The Morgan fingerprint density at radius 2 is 2.32 bits per heavy atom. The average Bonchev–Trinajstić information content (AvgIpc) is 2.41. The van der Waals surface area contributed by atoms with Crippen LogP contribution in [0.25, 0.3) is 0 Å². The van der Waals surface area contributed by atoms with Crippen molar-refractivity contribution in [2.24, 2.45) is 5.84 Å². The fourth-order valence-electron chi connectivity index (χ4n) is 1.89. The Labute approximate surface area is 119 Å². The number of halogens is 1. The molecule has 0 saturated carbocycles. The molecule has 1 aromatic rings. The molecule has 0 radical (unpaired) electrons. The lowest BCUT2D eigenvalue weighted by atomic mass is 10.2. The third-order valence-electron chi connectivity index (χ3n) is 2.81. The maximum absolute atomic E-state index is 11.9. The van der Waals surface area contributed by atoms with Gasteiger partial charge in [0.25, 0.3) is 5.91 Å². The molecule has 1 aromatic carbocycles. The van der Waals surface area contributed by atoms with Crippen molar-refractivity contribution in [3.05, 3.63) is 22.7 Å². The van der Waals surface area contributed by atoms with Gasteiger partial charge in [0.05, 0.1) is 5.69 Å². The lowest BCUT2D eigenvalue weighted by molar-refractivity contribution is -0.122. The zero-order valence-corrected chi connectivity index (χ0v) is 11.8. The van der Waals surface area contributed by atoms with Crippen molar-refractivity contribution >= 4 is 33.4 Å². The third kappa shape index (κ3) is 3.24. The third-order valence-corrected chi connectivity index (χ3v) is 3.30. The second-order valence-corrected chi connectivity index (χ2v) is 5.03. The summed E-state index contributed by atoms with van der Waals surface area (Å²) in [6, 6.07) is 5.50. The molecule has 0 saturated heterocycles. The molecular formula is C12H14BrN3O3. The molecule has 1 aliphatic heterocycles. The summed E-state index contributed by atoms with van der Waals surface area (Å²) < 4.78 is 6.23. The van der Waals surface area contributed by atoms with E-state index in [0.29, 0.717) is 18.7 Å². The normalized spacial score (nSPS) is 13.8. The van der Waals surface area contributed by atoms with Gasteiger partial charge in [-0.3, -0.25) is 15.0 Å². The van der Waals surface area contributed by atoms with Crippen LogP contribution in [0.4, 0.5) is 5.69 Å². The maximum atomic E-state index is 11.9. The second kappa shape index (κ2) is 6.03. The van der Waals surface area contributed by atoms with E-state index in [1.165, 1.54) is 0 Å². The Bertz CT molecular complexity index is 507. The van der Waals surface area contributed by atoms with Crippen LogP contribution in [0.1, 0.15) is 12.8 Å². The largest absolute Gasteiger partial charge is 0.482 e. The van der Waals surface area contributed by atoms with Gasteiger partial charge in [-0.05, 0) is 24.6 Å². The molecule has 0 fully saturated rings. The first kappa shape index (κ1) is 13.8. The highest BCUT2D eigenvalue weighted by Gasteiger charge is 2.25. The van der Waals surface area contributed by atoms with Gasteiger partial charge in [0.2, 0.25) is 5.91 Å². The van der Waals surface area contributed by atoms with Gasteiger partial charge in [-0.25, -0.2) is 5.84 Å². The van der Waals surface area contributed by atoms with Crippen molar-refractivity contribution in [2.75, 3.05) is 18.1 Å². The van der Waals surface area contributed by atoms with E-state index in [4.69, 9.17) is 10.6 Å². The number of hydrazine groups is 1. The molecule has 0 bridgehead atoms. The zero-order chi connectivity index (χ0) is 13.8. The van der Waals surface area contributed by atoms with E-state index in [-0.39, 0.29) is 24.8 Å². The molecule has 6 nitrogen and oxygen atoms in total. The van der Waals surface area contributed by atoms with Crippen LogP contribution in [0.5, 0.6) is 5.75 Å². The highest BCUT2D eigenvalue weighted by atomic mass is 79.9. The molecule has 7 heteroatoms. The number of hydrogen-bond acceptors (Lipinski definition) is 4. The average molecular weight is 328 g/mol. The van der Waals surface area contributed by atoms with Gasteiger partial charge < -0.3 is 9.64 Å². The molecule has 0 atom stereocenters. The monoisotopic (exact) mass is 327 g/mol. The summed E-state index contributed by atoms with van der Waals surface area (Å²) in [4.78, 5) is 24.6. The van der Waals surface area contributed by atoms with Gasteiger partial charge in [0, 0.05) is 17.4 Å². The van der Waals surface area contributed by atoms with E-state index in [2.05, 4.69) is 21.4 Å². The molecule has 1 aliphatic rings. The number of rotatable bonds is 4. The number of hydrogen-bond donors (Lipinski definition) is 2. The number of nitrogens with one attached hydrogen (secondary N) is 1. The van der Waals surface area contributed by atoms with Gasteiger partial charge >= 0.3 is 0 Å². The number of benzene rings is 1. The standard InChI is InChI=1S/C12H14BrN3O3/c13-8-3-4-10-9(6-8)16(12(18)7-19-10)5-1-2-11(17)15-14/h3-4,6H,1-2,5,7,14H2,(H,15,17). The molecule has 19 heavy (non-hydrogen) atoms. The van der Waals surface area contributed by atoms with Gasteiger partial charge in [-0.1, -0.05) is 15.9 Å². The first-order chi connectivity index (χ1) is 9.11. The minimum absolute atomic E-state index is 0.0255. The molecule has 0 aliphatic carbocycles. The fourth-order valence-corrected chi connectivity index (χ4v) is 2.24. The Morgan fingerprint density at radius 3 is 3.05 bits per heavy atom. The lowest BCUT2D eigenvalue weighted by Crippen LogP contribution is -2.40. The van der Waals surface area contributed by atoms with E-state index in [9.17, 15) is 9.59 Å². The Morgan fingerprint density at radius 1 is 1.53 bits per heavy atom. The van der Waals surface area contributed by atoms with Crippen molar-refractivity contribution in [1.29, 1.82) is 0 Å². The molecular weight excluding hydrogens is 314 g/mol. The smallest absolute Gasteiger partial charge is 0.265 e. The SMILES string of the molecule is NNC(=O)CCCN1C(=O)COc2ccc(Br)cc21. The Kier molecular flexibility index (Phi) is 4.39. The van der Waals surface area contributed by atoms with Crippen LogP contribution in [0.15, 0.2) is 22.7 Å². The van der Waals surface area contributed by atoms with Gasteiger partial charge in [0.15, 0.2) is 6.61 Å². The van der Waals surface area contributed by atoms with Crippen LogP contribution in [0.2, 0.25) is 0 Å². The summed E-state index contributed by atoms with van der Waals surface area (Å²) in [6.07, 6.45) is 0.825. The predicted molar refractivity (Wildman–Crippen MR) is 73.6 cm³/mol. The van der Waals surface area contributed by atoms with Crippen LogP contribution >= 0.6 is 15.9 Å². The van der Waals surface area contributed by atoms with E-state index in [0.717, 1.165) is 10.2 Å². The number of carbonyl (C=O) groups is 2. The first-order valence-electron chi connectivity index (χ1n) is 5.84. The van der Waals surface area contributed by atoms with E-state index >= 15 is 0 Å². The molecule has 102 valence electrons. The quantitative estimate of drug-likeness (QED) is 0.489. The summed E-state index contributed by atoms with van der Waals surface area (Å²) in [5.41, 5.74) is 2.79. The number of ether oxygens (including phenoxy) is 1. The van der Waals surface area contributed by atoms with Crippen LogP contribution in [-0.4, -0.2) is 25.0 Å². The number of fused-ring (bicyclic) bond motifs is 1. The zero-order valence-electron chi connectivity index (χ0n) is 10.2. The van der Waals surface area contributed by atoms with Crippen molar-refractivity contribution in [1.82, 2.24) is 5.43 Å². The highest BCUT2D eigenvalue weighted by molar-refractivity contribution is 9.10. The number of nitrogens with zero attached hydrogens (tertiary/aromatic N) is 1. The minimum Gasteiger partial charge on any atom is -0.482 e. The van der Waals surface area contributed by atoms with Crippen LogP contribution < -0.4 is 20.9 Å². The molecule has 2 rings (SSSR count).